The van der Waals surface area contributed by atoms with Gasteiger partial charge in [0.2, 0.25) is 0 Å². The number of fused-ring (bicyclic) bond motifs is 1. The van der Waals surface area contributed by atoms with Crippen LogP contribution in [0.2, 0.25) is 0 Å². The molecule has 1 aliphatic carbocycles. The number of alkyl halides is 3. The minimum atomic E-state index is -3.59. The molecule has 1 aromatic heterocycles. The van der Waals surface area contributed by atoms with Gasteiger partial charge in [-0.1, -0.05) is 25.6 Å². The number of thioether (sulfide) groups is 1. The maximum atomic E-state index is 15.7. The lowest BCUT2D eigenvalue weighted by Gasteiger charge is -2.53. The van der Waals surface area contributed by atoms with Crippen molar-refractivity contribution >= 4 is 28.5 Å². The van der Waals surface area contributed by atoms with Gasteiger partial charge >= 0.3 is 0 Å². The van der Waals surface area contributed by atoms with E-state index in [0.717, 1.165) is 6.92 Å². The van der Waals surface area contributed by atoms with E-state index in [2.05, 4.69) is 20.3 Å². The molecular weight excluding hydrogens is 546 g/mol. The van der Waals surface area contributed by atoms with Crippen LogP contribution in [0.15, 0.2) is 41.8 Å². The maximum Gasteiger partial charge on any atom is 0.286 e. The first-order valence-electron chi connectivity index (χ1n) is 13.4. The molecule has 2 fully saturated rings. The summed E-state index contributed by atoms with van der Waals surface area (Å²) in [7, 11) is 0. The summed E-state index contributed by atoms with van der Waals surface area (Å²) < 4.78 is 68.2. The van der Waals surface area contributed by atoms with Gasteiger partial charge in [-0.25, -0.2) is 32.5 Å². The first kappa shape index (κ1) is 28.8. The Kier molecular flexibility index (Phi) is 7.62. The number of amidine groups is 1. The van der Waals surface area contributed by atoms with E-state index < -0.39 is 52.7 Å². The highest BCUT2D eigenvalue weighted by molar-refractivity contribution is 8.13. The predicted octanol–water partition coefficient (Wildman–Crippen LogP) is 5.58. The fraction of sp³-hybridized carbons (Fsp3) is 0.571. The number of rotatable bonds is 5. The normalized spacial score (nSPS) is 33.6. The van der Waals surface area contributed by atoms with Crippen molar-refractivity contribution in [2.75, 3.05) is 17.7 Å². The Morgan fingerprint density at radius 3 is 2.73 bits per heavy atom. The van der Waals surface area contributed by atoms with E-state index in [1.165, 1.54) is 48.6 Å². The second-order valence-electron chi connectivity index (χ2n) is 11.5. The van der Waals surface area contributed by atoms with Crippen molar-refractivity contribution in [1.29, 1.82) is 0 Å². The summed E-state index contributed by atoms with van der Waals surface area (Å²) >= 11 is 1.27. The third kappa shape index (κ3) is 4.97. The van der Waals surface area contributed by atoms with Gasteiger partial charge in [0.15, 0.2) is 10.8 Å². The van der Waals surface area contributed by atoms with Gasteiger partial charge in [-0.2, -0.15) is 0 Å². The number of aliphatic imine (C=N–C) groups is 1. The lowest BCUT2D eigenvalue weighted by molar-refractivity contribution is -0.251. The molecule has 1 saturated carbocycles. The van der Waals surface area contributed by atoms with Gasteiger partial charge in [0, 0.05) is 29.1 Å². The number of benzene rings is 1. The Morgan fingerprint density at radius 1 is 1.25 bits per heavy atom. The molecule has 1 aromatic carbocycles. The van der Waals surface area contributed by atoms with Gasteiger partial charge in [-0.15, -0.1) is 0 Å². The molecule has 2 aromatic rings. The number of hydrogen-bond donors (Lipinski definition) is 2. The number of amides is 1. The van der Waals surface area contributed by atoms with Crippen LogP contribution in [-0.2, 0) is 10.3 Å². The van der Waals surface area contributed by atoms with Gasteiger partial charge in [0.25, 0.3) is 11.8 Å². The van der Waals surface area contributed by atoms with Crippen LogP contribution < -0.4 is 11.1 Å². The summed E-state index contributed by atoms with van der Waals surface area (Å²) in [5, 5.41) is 2.93. The van der Waals surface area contributed by atoms with Gasteiger partial charge in [-0.05, 0) is 62.3 Å². The Morgan fingerprint density at radius 2 is 2.02 bits per heavy atom. The van der Waals surface area contributed by atoms with E-state index >= 15 is 17.6 Å². The molecule has 6 atom stereocenters. The van der Waals surface area contributed by atoms with Crippen LogP contribution in [0.3, 0.4) is 0 Å². The Hall–Kier alpha value is -2.73. The quantitative estimate of drug-likeness (QED) is 0.449. The molecule has 0 spiro atoms. The number of halogens is 4. The first-order chi connectivity index (χ1) is 18.9. The number of carbonyl (C=O) groups excluding carboxylic acids is 1. The fourth-order valence-electron chi connectivity index (χ4n) is 6.46. The molecule has 2 aliphatic heterocycles. The average molecular weight is 580 g/mol. The van der Waals surface area contributed by atoms with Crippen LogP contribution in [0.5, 0.6) is 0 Å². The molecule has 1 saturated heterocycles. The zero-order chi connectivity index (χ0) is 28.9. The van der Waals surface area contributed by atoms with Crippen molar-refractivity contribution in [1.82, 2.24) is 9.97 Å². The first-order valence-corrected chi connectivity index (χ1v) is 14.4. The Labute approximate surface area is 234 Å². The molecule has 3 heterocycles. The molecule has 12 heteroatoms. The molecule has 1 amide bonds. The summed E-state index contributed by atoms with van der Waals surface area (Å²) in [4.78, 5) is 25.0. The van der Waals surface area contributed by atoms with E-state index in [-0.39, 0.29) is 41.8 Å². The number of nitrogens with one attached hydrogen (secondary N) is 1. The molecular formula is C28H33F4N5O2S. The molecule has 5 rings (SSSR count). The molecule has 216 valence electrons. The second kappa shape index (κ2) is 10.6. The van der Waals surface area contributed by atoms with Crippen molar-refractivity contribution in [2.45, 2.75) is 63.3 Å². The molecule has 7 nitrogen and oxygen atoms in total. The largest absolute Gasteiger partial charge is 0.379 e. The summed E-state index contributed by atoms with van der Waals surface area (Å²) in [6, 6.07) is 5.55. The minimum absolute atomic E-state index is 0.0933. The van der Waals surface area contributed by atoms with Crippen LogP contribution >= 0.6 is 11.8 Å². The summed E-state index contributed by atoms with van der Waals surface area (Å²) in [5.41, 5.74) is 2.75. The van der Waals surface area contributed by atoms with Crippen molar-refractivity contribution < 1.29 is 27.1 Å². The topological polar surface area (TPSA) is 102 Å². The van der Waals surface area contributed by atoms with Gasteiger partial charge in [0.05, 0.1) is 18.6 Å². The third-order valence-electron chi connectivity index (χ3n) is 8.74. The van der Waals surface area contributed by atoms with E-state index in [0.29, 0.717) is 17.9 Å². The Bertz CT molecular complexity index is 1290. The number of anilines is 1. The SMILES string of the molecule is CC(C)C1CCC(C)(F)C(F)(F)C1C1CC2CSC(N)=NC2(c2cc(NC(=O)c3ccncn3)ccc2F)CO1. The van der Waals surface area contributed by atoms with Gasteiger partial charge < -0.3 is 15.8 Å². The zero-order valence-electron chi connectivity index (χ0n) is 22.5. The van der Waals surface area contributed by atoms with Gasteiger partial charge in [0.1, 0.15) is 23.4 Å². The van der Waals surface area contributed by atoms with Crippen LogP contribution in [0, 0.1) is 29.5 Å². The number of carbonyl (C=O) groups is 1. The molecule has 3 aliphatic rings. The number of nitrogens with two attached hydrogens (primary N) is 1. The number of aromatic nitrogens is 2. The lowest BCUT2D eigenvalue weighted by Crippen LogP contribution is -2.61. The lowest BCUT2D eigenvalue weighted by atomic mass is 9.62. The zero-order valence-corrected chi connectivity index (χ0v) is 23.4. The number of nitrogens with zero attached hydrogens (tertiary/aromatic N) is 3. The predicted molar refractivity (Wildman–Crippen MR) is 146 cm³/mol. The standard InChI is InChI=1S/C28H33F4N5O2S/c1-15(2)18-6-8-26(3,30)28(31,32)23(18)22-10-16-12-40-25(33)37-27(16,13-39-22)19-11-17(4-5-20(19)29)36-24(38)21-7-9-34-14-35-21/h4-5,7,9,11,14-16,18,22-23H,6,8,10,12-13H2,1-3H3,(H2,33,37)(H,36,38). The summed E-state index contributed by atoms with van der Waals surface area (Å²) in [6.07, 6.45) is 2.00. The van der Waals surface area contributed by atoms with E-state index in [1.807, 2.05) is 13.8 Å². The van der Waals surface area contributed by atoms with E-state index in [1.54, 1.807) is 0 Å². The highest BCUT2D eigenvalue weighted by atomic mass is 32.2. The highest BCUT2D eigenvalue weighted by Gasteiger charge is 2.65. The molecule has 0 bridgehead atoms. The highest BCUT2D eigenvalue weighted by Crippen LogP contribution is 2.57. The average Bonchev–Trinajstić information content (AvgIpc) is 2.91. The van der Waals surface area contributed by atoms with Gasteiger partial charge in [-0.3, -0.25) is 4.79 Å². The van der Waals surface area contributed by atoms with Crippen LogP contribution in [0.25, 0.3) is 0 Å². The number of ether oxygens (including phenoxy) is 1. The fourth-order valence-corrected chi connectivity index (χ4v) is 7.47. The van der Waals surface area contributed by atoms with E-state index in [4.69, 9.17) is 10.5 Å². The van der Waals surface area contributed by atoms with E-state index in [9.17, 15) is 4.79 Å². The van der Waals surface area contributed by atoms with Crippen LogP contribution in [0.4, 0.5) is 23.2 Å². The monoisotopic (exact) mass is 579 g/mol. The second-order valence-corrected chi connectivity index (χ2v) is 12.5. The van der Waals surface area contributed by atoms with Crippen LogP contribution in [0.1, 0.15) is 56.1 Å². The molecule has 3 N–H and O–H groups in total. The van der Waals surface area contributed by atoms with Crippen molar-refractivity contribution in [3.63, 3.8) is 0 Å². The van der Waals surface area contributed by atoms with Crippen LogP contribution in [-0.4, -0.2) is 51.1 Å². The van der Waals surface area contributed by atoms with Crippen molar-refractivity contribution in [2.24, 2.45) is 34.4 Å². The smallest absolute Gasteiger partial charge is 0.286 e. The molecule has 6 unspecified atom stereocenters. The summed E-state index contributed by atoms with van der Waals surface area (Å²) in [5.74, 6) is -6.55. The Balaban J connectivity index is 1.48. The molecule has 40 heavy (non-hydrogen) atoms. The summed E-state index contributed by atoms with van der Waals surface area (Å²) in [6.45, 7) is 4.52. The maximum absolute atomic E-state index is 15.7. The third-order valence-corrected chi connectivity index (χ3v) is 9.69. The minimum Gasteiger partial charge on any atom is -0.379 e. The number of hydrogen-bond acceptors (Lipinski definition) is 7. The molecule has 0 radical (unpaired) electrons. The van der Waals surface area contributed by atoms with Crippen molar-refractivity contribution in [3.8, 4) is 0 Å². The van der Waals surface area contributed by atoms with Crippen molar-refractivity contribution in [3.05, 3.63) is 53.9 Å².